The van der Waals surface area contributed by atoms with Crippen molar-refractivity contribution in [2.75, 3.05) is 0 Å². The van der Waals surface area contributed by atoms with E-state index in [1.165, 1.54) is 6.92 Å². The van der Waals surface area contributed by atoms with Gasteiger partial charge in [-0.2, -0.15) is 0 Å². The minimum absolute atomic E-state index is 0.0499. The summed E-state index contributed by atoms with van der Waals surface area (Å²) >= 11 is 0. The number of rotatable bonds is 2. The van der Waals surface area contributed by atoms with E-state index in [0.29, 0.717) is 22.5 Å². The van der Waals surface area contributed by atoms with Crippen LogP contribution in [0.5, 0.6) is 0 Å². The first-order valence-electron chi connectivity index (χ1n) is 7.14. The minimum Gasteiger partial charge on any atom is -0.455 e. The van der Waals surface area contributed by atoms with E-state index in [1.54, 1.807) is 13.8 Å². The van der Waals surface area contributed by atoms with Gasteiger partial charge in [0.2, 0.25) is 0 Å². The van der Waals surface area contributed by atoms with E-state index in [-0.39, 0.29) is 5.78 Å². The molecule has 0 radical (unpaired) electrons. The Morgan fingerprint density at radius 1 is 1.09 bits per heavy atom. The SMILES string of the molecule is CC(=O)c1c(C)[nH]c(C(=O)OC(C)(C)C)c1C.c1cc[nH]c1. The zero-order valence-corrected chi connectivity index (χ0v) is 14.0. The summed E-state index contributed by atoms with van der Waals surface area (Å²) in [7, 11) is 0. The van der Waals surface area contributed by atoms with Gasteiger partial charge in [-0.3, -0.25) is 4.79 Å². The summed E-state index contributed by atoms with van der Waals surface area (Å²) in [6.45, 7) is 10.4. The highest BCUT2D eigenvalue weighted by atomic mass is 16.6. The zero-order valence-electron chi connectivity index (χ0n) is 14.0. The highest BCUT2D eigenvalue weighted by molar-refractivity contribution is 6.01. The largest absolute Gasteiger partial charge is 0.455 e. The number of esters is 1. The normalized spacial score (nSPS) is 10.6. The van der Waals surface area contributed by atoms with E-state index in [1.807, 2.05) is 45.3 Å². The predicted octanol–water partition coefficient (Wildman–Crippen LogP) is 3.80. The third kappa shape index (κ3) is 4.91. The van der Waals surface area contributed by atoms with Gasteiger partial charge in [0, 0.05) is 23.7 Å². The maximum atomic E-state index is 11.9. The quantitative estimate of drug-likeness (QED) is 0.654. The standard InChI is InChI=1S/C13H19NO3.C4H5N/c1-7-10(9(3)15)8(2)14-11(7)12(16)17-13(4,5)6;1-2-4-5-3-1/h14H,1-6H3;1-5H. The summed E-state index contributed by atoms with van der Waals surface area (Å²) in [6.07, 6.45) is 3.75. The van der Waals surface area contributed by atoms with Crippen LogP contribution >= 0.6 is 0 Å². The molecule has 2 aromatic heterocycles. The molecule has 0 fully saturated rings. The molecule has 0 unspecified atom stereocenters. The highest BCUT2D eigenvalue weighted by Crippen LogP contribution is 2.21. The van der Waals surface area contributed by atoms with Gasteiger partial charge < -0.3 is 14.7 Å². The first kappa shape index (κ1) is 17.8. The van der Waals surface area contributed by atoms with Crippen molar-refractivity contribution in [3.8, 4) is 0 Å². The molecule has 0 amide bonds. The molecule has 0 aromatic carbocycles. The van der Waals surface area contributed by atoms with Crippen LogP contribution in [0.2, 0.25) is 0 Å². The van der Waals surface area contributed by atoms with Gasteiger partial charge >= 0.3 is 5.97 Å². The number of hydrogen-bond acceptors (Lipinski definition) is 3. The number of ketones is 1. The van der Waals surface area contributed by atoms with Crippen LogP contribution in [0.3, 0.4) is 0 Å². The molecule has 0 saturated carbocycles. The molecule has 2 rings (SSSR count). The van der Waals surface area contributed by atoms with Gasteiger partial charge in [0.1, 0.15) is 11.3 Å². The molecule has 5 heteroatoms. The number of carbonyl (C=O) groups excluding carboxylic acids is 2. The van der Waals surface area contributed by atoms with Crippen LogP contribution in [0.15, 0.2) is 24.5 Å². The number of aromatic amines is 2. The lowest BCUT2D eigenvalue weighted by atomic mass is 10.1. The van der Waals surface area contributed by atoms with Gasteiger partial charge in [-0.1, -0.05) is 0 Å². The second-order valence-electron chi connectivity index (χ2n) is 6.07. The van der Waals surface area contributed by atoms with Crippen molar-refractivity contribution >= 4 is 11.8 Å². The fraction of sp³-hybridized carbons (Fsp3) is 0.412. The van der Waals surface area contributed by atoms with E-state index < -0.39 is 11.6 Å². The molecule has 2 N–H and O–H groups in total. The van der Waals surface area contributed by atoms with Gasteiger partial charge in [0.05, 0.1) is 0 Å². The van der Waals surface area contributed by atoms with E-state index in [0.717, 1.165) is 0 Å². The van der Waals surface area contributed by atoms with Gasteiger partial charge in [0.15, 0.2) is 5.78 Å². The molecule has 120 valence electrons. The van der Waals surface area contributed by atoms with Crippen LogP contribution in [0.1, 0.15) is 59.8 Å². The van der Waals surface area contributed by atoms with Crippen LogP contribution in [0, 0.1) is 13.8 Å². The molecule has 0 aliphatic carbocycles. The number of nitrogens with one attached hydrogen (secondary N) is 2. The van der Waals surface area contributed by atoms with E-state index in [4.69, 9.17) is 4.74 Å². The molecule has 0 aliphatic heterocycles. The molecule has 0 aliphatic rings. The van der Waals surface area contributed by atoms with Gasteiger partial charge in [-0.25, -0.2) is 4.79 Å². The topological polar surface area (TPSA) is 74.9 Å². The predicted molar refractivity (Wildman–Crippen MR) is 86.2 cm³/mol. The van der Waals surface area contributed by atoms with Crippen molar-refractivity contribution < 1.29 is 14.3 Å². The Morgan fingerprint density at radius 2 is 1.64 bits per heavy atom. The number of carbonyl (C=O) groups is 2. The Hall–Kier alpha value is -2.30. The Kier molecular flexibility index (Phi) is 5.74. The smallest absolute Gasteiger partial charge is 0.355 e. The Morgan fingerprint density at radius 3 is 1.95 bits per heavy atom. The van der Waals surface area contributed by atoms with E-state index in [2.05, 4.69) is 9.97 Å². The third-order valence-electron chi connectivity index (χ3n) is 2.89. The summed E-state index contributed by atoms with van der Waals surface area (Å²) in [4.78, 5) is 29.1. The molecular weight excluding hydrogens is 280 g/mol. The molecule has 5 nitrogen and oxygen atoms in total. The second-order valence-corrected chi connectivity index (χ2v) is 6.07. The molecule has 0 spiro atoms. The van der Waals surface area contributed by atoms with Crippen molar-refractivity contribution in [2.45, 2.75) is 47.1 Å². The van der Waals surface area contributed by atoms with Gasteiger partial charge in [-0.15, -0.1) is 0 Å². The van der Waals surface area contributed by atoms with Crippen molar-refractivity contribution in [3.05, 3.63) is 47.0 Å². The first-order valence-corrected chi connectivity index (χ1v) is 7.14. The summed E-state index contributed by atoms with van der Waals surface area (Å²) in [5.41, 5.74) is 1.76. The van der Waals surface area contributed by atoms with E-state index in [9.17, 15) is 9.59 Å². The number of H-pyrrole nitrogens is 2. The Balaban J connectivity index is 0.000000406. The van der Waals surface area contributed by atoms with E-state index >= 15 is 0 Å². The second kappa shape index (κ2) is 7.11. The van der Waals surface area contributed by atoms with Crippen LogP contribution in [0.25, 0.3) is 0 Å². The maximum Gasteiger partial charge on any atom is 0.355 e. The molecule has 2 aromatic rings. The van der Waals surface area contributed by atoms with Gasteiger partial charge in [-0.05, 0) is 59.2 Å². The summed E-state index contributed by atoms with van der Waals surface area (Å²) < 4.78 is 5.27. The van der Waals surface area contributed by atoms with Crippen LogP contribution in [-0.2, 0) is 4.74 Å². The maximum absolute atomic E-state index is 11.9. The van der Waals surface area contributed by atoms with Crippen molar-refractivity contribution in [1.82, 2.24) is 9.97 Å². The molecule has 0 atom stereocenters. The molecule has 22 heavy (non-hydrogen) atoms. The fourth-order valence-electron chi connectivity index (χ4n) is 2.09. The van der Waals surface area contributed by atoms with Crippen LogP contribution in [-0.4, -0.2) is 27.3 Å². The number of hydrogen-bond donors (Lipinski definition) is 2. The van der Waals surface area contributed by atoms with Gasteiger partial charge in [0.25, 0.3) is 0 Å². The minimum atomic E-state index is -0.543. The average molecular weight is 304 g/mol. The van der Waals surface area contributed by atoms with Crippen molar-refractivity contribution in [3.63, 3.8) is 0 Å². The molecule has 0 saturated heterocycles. The number of ether oxygens (including phenoxy) is 1. The summed E-state index contributed by atoms with van der Waals surface area (Å²) in [5.74, 6) is -0.475. The zero-order chi connectivity index (χ0) is 16.9. The lowest BCUT2D eigenvalue weighted by molar-refractivity contribution is 0.00626. The number of aryl methyl sites for hydroxylation is 1. The van der Waals surface area contributed by atoms with Crippen molar-refractivity contribution in [2.24, 2.45) is 0 Å². The lowest BCUT2D eigenvalue weighted by Crippen LogP contribution is -2.24. The molecule has 0 bridgehead atoms. The van der Waals surface area contributed by atoms with Crippen molar-refractivity contribution in [1.29, 1.82) is 0 Å². The Labute approximate surface area is 131 Å². The molecule has 2 heterocycles. The Bertz CT molecular complexity index is 614. The molecular formula is C17H24N2O3. The lowest BCUT2D eigenvalue weighted by Gasteiger charge is -2.19. The third-order valence-corrected chi connectivity index (χ3v) is 2.89. The average Bonchev–Trinajstić information content (AvgIpc) is 2.98. The summed E-state index contributed by atoms with van der Waals surface area (Å²) in [6, 6.07) is 3.89. The first-order chi connectivity index (χ1) is 10.1. The van der Waals surface area contributed by atoms with Crippen LogP contribution in [0.4, 0.5) is 0 Å². The summed E-state index contributed by atoms with van der Waals surface area (Å²) in [5, 5.41) is 0. The monoisotopic (exact) mass is 304 g/mol. The number of Topliss-reactive ketones (excluding diaryl/α,β-unsaturated/α-hetero) is 1. The van der Waals surface area contributed by atoms with Crippen LogP contribution < -0.4 is 0 Å². The number of aromatic nitrogens is 2. The highest BCUT2D eigenvalue weighted by Gasteiger charge is 2.24. The fourth-order valence-corrected chi connectivity index (χ4v) is 2.09.